The van der Waals surface area contributed by atoms with Crippen LogP contribution in [-0.4, -0.2) is 27.2 Å². The Labute approximate surface area is 119 Å². The molecule has 0 unspecified atom stereocenters. The van der Waals surface area contributed by atoms with Gasteiger partial charge in [-0.3, -0.25) is 14.4 Å². The van der Waals surface area contributed by atoms with Crippen LogP contribution in [0.3, 0.4) is 0 Å². The fourth-order valence-corrected chi connectivity index (χ4v) is 2.50. The number of rotatable bonds is 3. The molecular formula is C12H10N2O3S2. The molecule has 7 heteroatoms. The molecule has 1 aromatic carbocycles. The normalized spacial score (nSPS) is 18.1. The maximum absolute atomic E-state index is 11.8. The molecule has 98 valence electrons. The summed E-state index contributed by atoms with van der Waals surface area (Å²) in [6.07, 6.45) is 0. The monoisotopic (exact) mass is 294 g/mol. The zero-order chi connectivity index (χ0) is 14.0. The molecule has 1 aliphatic heterocycles. The lowest BCUT2D eigenvalue weighted by Crippen LogP contribution is -2.43. The van der Waals surface area contributed by atoms with Gasteiger partial charge in [-0.05, 0) is 30.8 Å². The highest BCUT2D eigenvalue weighted by atomic mass is 32.2. The smallest absolute Gasteiger partial charge is 0.294 e. The molecule has 0 saturated carbocycles. The van der Waals surface area contributed by atoms with Crippen LogP contribution in [0.15, 0.2) is 24.3 Å². The van der Waals surface area contributed by atoms with Crippen LogP contribution in [0.2, 0.25) is 0 Å². The Hall–Kier alpha value is -1.73. The van der Waals surface area contributed by atoms with Gasteiger partial charge in [-0.1, -0.05) is 29.9 Å². The van der Waals surface area contributed by atoms with E-state index < -0.39 is 22.8 Å². The van der Waals surface area contributed by atoms with E-state index in [0.717, 1.165) is 17.3 Å². The molecule has 1 aromatic rings. The van der Waals surface area contributed by atoms with E-state index in [1.54, 1.807) is 12.1 Å². The van der Waals surface area contributed by atoms with Crippen LogP contribution in [0.5, 0.6) is 0 Å². The minimum absolute atomic E-state index is 0.214. The minimum Gasteiger partial charge on any atom is -0.353 e. The van der Waals surface area contributed by atoms with E-state index in [0.29, 0.717) is 5.69 Å². The first-order valence-corrected chi connectivity index (χ1v) is 6.64. The number of thiocarbonyl (C=S) groups is 1. The molecule has 1 saturated heterocycles. The van der Waals surface area contributed by atoms with Gasteiger partial charge in [0.15, 0.2) is 6.04 Å². The molecule has 19 heavy (non-hydrogen) atoms. The first-order chi connectivity index (χ1) is 8.97. The largest absolute Gasteiger partial charge is 0.353 e. The lowest BCUT2D eigenvalue weighted by molar-refractivity contribution is -0.137. The number of anilines is 1. The van der Waals surface area contributed by atoms with Crippen molar-refractivity contribution in [3.8, 4) is 0 Å². The Kier molecular flexibility index (Phi) is 3.96. The highest BCUT2D eigenvalue weighted by Crippen LogP contribution is 2.17. The Morgan fingerprint density at radius 1 is 1.32 bits per heavy atom. The summed E-state index contributed by atoms with van der Waals surface area (Å²) in [6, 6.07) is 5.81. The van der Waals surface area contributed by atoms with Crippen molar-refractivity contribution in [2.24, 2.45) is 0 Å². The molecule has 0 aliphatic carbocycles. The number of Topliss-reactive ketones (excluding diaryl/α,β-unsaturated/α-hetero) is 1. The van der Waals surface area contributed by atoms with Crippen LogP contribution < -0.4 is 10.6 Å². The summed E-state index contributed by atoms with van der Waals surface area (Å²) >= 11 is 5.53. The number of hydrogen-bond donors (Lipinski definition) is 2. The standard InChI is InChI=1S/C12H10N2O3S2/c1-6-2-4-7(5-3-6)13-10(16)9(15)8-11(17)19-12(18)14-8/h2-5,8H,1H3,(H,13,16)(H,14,18)/t8-/m0/s1. The van der Waals surface area contributed by atoms with E-state index in [2.05, 4.69) is 10.6 Å². The second kappa shape index (κ2) is 5.50. The van der Waals surface area contributed by atoms with Gasteiger partial charge < -0.3 is 10.6 Å². The number of aryl methyl sites for hydroxylation is 1. The maximum atomic E-state index is 11.8. The van der Waals surface area contributed by atoms with E-state index in [-0.39, 0.29) is 4.32 Å². The van der Waals surface area contributed by atoms with E-state index >= 15 is 0 Å². The van der Waals surface area contributed by atoms with Gasteiger partial charge in [0.1, 0.15) is 4.32 Å². The van der Waals surface area contributed by atoms with Gasteiger partial charge >= 0.3 is 0 Å². The van der Waals surface area contributed by atoms with Crippen molar-refractivity contribution >= 4 is 50.8 Å². The summed E-state index contributed by atoms with van der Waals surface area (Å²) in [5.74, 6) is -1.67. The molecule has 0 bridgehead atoms. The third-order valence-corrected chi connectivity index (χ3v) is 3.59. The van der Waals surface area contributed by atoms with Crippen molar-refractivity contribution in [2.75, 3.05) is 5.32 Å². The van der Waals surface area contributed by atoms with E-state index in [1.165, 1.54) is 0 Å². The molecule has 0 radical (unpaired) electrons. The van der Waals surface area contributed by atoms with Crippen molar-refractivity contribution < 1.29 is 14.4 Å². The summed E-state index contributed by atoms with van der Waals surface area (Å²) in [5.41, 5.74) is 1.54. The first-order valence-electron chi connectivity index (χ1n) is 5.41. The average Bonchev–Trinajstić information content (AvgIpc) is 2.70. The van der Waals surface area contributed by atoms with Crippen LogP contribution in [-0.2, 0) is 14.4 Å². The summed E-state index contributed by atoms with van der Waals surface area (Å²) in [4.78, 5) is 35.0. The van der Waals surface area contributed by atoms with Crippen LogP contribution in [0, 0.1) is 6.92 Å². The summed E-state index contributed by atoms with van der Waals surface area (Å²) in [5, 5.41) is 4.51. The lowest BCUT2D eigenvalue weighted by Gasteiger charge is -2.08. The van der Waals surface area contributed by atoms with Gasteiger partial charge in [0.25, 0.3) is 11.7 Å². The second-order valence-electron chi connectivity index (χ2n) is 3.97. The van der Waals surface area contributed by atoms with Gasteiger partial charge in [0, 0.05) is 5.69 Å². The Balaban J connectivity index is 2.04. The lowest BCUT2D eigenvalue weighted by atomic mass is 10.2. The van der Waals surface area contributed by atoms with Crippen LogP contribution >= 0.6 is 24.0 Å². The van der Waals surface area contributed by atoms with Gasteiger partial charge in [0.2, 0.25) is 5.12 Å². The van der Waals surface area contributed by atoms with Gasteiger partial charge in [-0.2, -0.15) is 0 Å². The molecule has 2 N–H and O–H groups in total. The molecule has 1 atom stereocenters. The van der Waals surface area contributed by atoms with Gasteiger partial charge in [0.05, 0.1) is 0 Å². The number of thioether (sulfide) groups is 1. The summed E-state index contributed by atoms with van der Waals surface area (Å²) in [6.45, 7) is 1.91. The molecule has 0 spiro atoms. The number of nitrogens with one attached hydrogen (secondary N) is 2. The topological polar surface area (TPSA) is 75.3 Å². The van der Waals surface area contributed by atoms with Crippen LogP contribution in [0.25, 0.3) is 0 Å². The summed E-state index contributed by atoms with van der Waals surface area (Å²) in [7, 11) is 0. The van der Waals surface area contributed by atoms with E-state index in [4.69, 9.17) is 12.2 Å². The van der Waals surface area contributed by atoms with Crippen molar-refractivity contribution in [1.29, 1.82) is 0 Å². The van der Waals surface area contributed by atoms with Crippen LogP contribution in [0.1, 0.15) is 5.56 Å². The number of carbonyl (C=O) groups excluding carboxylic acids is 3. The van der Waals surface area contributed by atoms with E-state index in [1.807, 2.05) is 19.1 Å². The van der Waals surface area contributed by atoms with Gasteiger partial charge in [-0.25, -0.2) is 0 Å². The number of amides is 1. The van der Waals surface area contributed by atoms with E-state index in [9.17, 15) is 14.4 Å². The minimum atomic E-state index is -1.18. The second-order valence-corrected chi connectivity index (χ2v) is 5.65. The number of ketones is 1. The number of benzene rings is 1. The predicted molar refractivity (Wildman–Crippen MR) is 76.9 cm³/mol. The fourth-order valence-electron chi connectivity index (χ4n) is 1.49. The van der Waals surface area contributed by atoms with Crippen molar-refractivity contribution in [3.05, 3.63) is 29.8 Å². The quantitative estimate of drug-likeness (QED) is 0.492. The molecule has 5 nitrogen and oxygen atoms in total. The zero-order valence-corrected chi connectivity index (χ0v) is 11.6. The highest BCUT2D eigenvalue weighted by Gasteiger charge is 2.38. The third-order valence-electron chi connectivity index (χ3n) is 2.49. The third kappa shape index (κ3) is 3.18. The predicted octanol–water partition coefficient (Wildman–Crippen LogP) is 1.02. The van der Waals surface area contributed by atoms with Gasteiger partial charge in [-0.15, -0.1) is 0 Å². The molecule has 1 fully saturated rings. The number of hydrogen-bond acceptors (Lipinski definition) is 5. The molecule has 0 aromatic heterocycles. The SMILES string of the molecule is Cc1ccc(NC(=O)C(=O)[C@@H]2NC(=S)SC2=O)cc1. The molecule has 1 aliphatic rings. The Bertz CT molecular complexity index is 569. The molecule has 2 rings (SSSR count). The highest BCUT2D eigenvalue weighted by molar-refractivity contribution is 8.33. The van der Waals surface area contributed by atoms with Crippen molar-refractivity contribution in [1.82, 2.24) is 5.32 Å². The molecule has 1 heterocycles. The average molecular weight is 294 g/mol. The zero-order valence-electron chi connectivity index (χ0n) is 9.93. The maximum Gasteiger partial charge on any atom is 0.294 e. The summed E-state index contributed by atoms with van der Waals surface area (Å²) < 4.78 is 0.214. The molecule has 1 amide bonds. The number of carbonyl (C=O) groups is 3. The molecular weight excluding hydrogens is 284 g/mol. The Morgan fingerprint density at radius 2 is 1.95 bits per heavy atom. The van der Waals surface area contributed by atoms with Crippen LogP contribution in [0.4, 0.5) is 5.69 Å². The van der Waals surface area contributed by atoms with Crippen molar-refractivity contribution in [3.63, 3.8) is 0 Å². The Morgan fingerprint density at radius 3 is 2.47 bits per heavy atom. The fraction of sp³-hybridized carbons (Fsp3) is 0.167. The van der Waals surface area contributed by atoms with Crippen molar-refractivity contribution in [2.45, 2.75) is 13.0 Å². The first kappa shape index (κ1) is 13.7.